The highest BCUT2D eigenvalue weighted by Crippen LogP contribution is 2.26. The van der Waals surface area contributed by atoms with E-state index in [0.29, 0.717) is 5.25 Å². The molecule has 2 rings (SSSR count). The molecule has 1 saturated heterocycles. The number of anilines is 1. The maximum Gasteiger partial charge on any atom is 0.127 e. The Balaban J connectivity index is 1.92. The van der Waals surface area contributed by atoms with E-state index in [1.165, 1.54) is 0 Å². The van der Waals surface area contributed by atoms with Crippen molar-refractivity contribution in [2.45, 2.75) is 23.6 Å². The number of ether oxygens (including phenoxy) is 1. The van der Waals surface area contributed by atoms with E-state index >= 15 is 0 Å². The molecule has 1 aromatic heterocycles. The van der Waals surface area contributed by atoms with Crippen LogP contribution in [-0.2, 0) is 4.74 Å². The number of hydrogen-bond acceptors (Lipinski definition) is 4. The van der Waals surface area contributed by atoms with Crippen LogP contribution in [0.3, 0.4) is 0 Å². The molecular formula is C11H16N2OS. The maximum absolute atomic E-state index is 5.14. The van der Waals surface area contributed by atoms with Crippen LogP contribution in [0.2, 0.25) is 0 Å². The van der Waals surface area contributed by atoms with Gasteiger partial charge in [0.1, 0.15) is 5.82 Å². The van der Waals surface area contributed by atoms with Crippen LogP contribution in [0.5, 0.6) is 0 Å². The molecule has 0 spiro atoms. The van der Waals surface area contributed by atoms with Crippen LogP contribution < -0.4 is 5.32 Å². The monoisotopic (exact) mass is 224 g/mol. The molecule has 3 nitrogen and oxygen atoms in total. The fourth-order valence-corrected chi connectivity index (χ4v) is 2.26. The molecule has 0 radical (unpaired) electrons. The predicted octanol–water partition coefficient (Wildman–Crippen LogP) is 2.39. The molecular weight excluding hydrogens is 208 g/mol. The Morgan fingerprint density at radius 1 is 1.53 bits per heavy atom. The fourth-order valence-electron chi connectivity index (χ4n) is 1.28. The predicted molar refractivity (Wildman–Crippen MR) is 63.5 cm³/mol. The van der Waals surface area contributed by atoms with Crippen molar-refractivity contribution in [1.29, 1.82) is 0 Å². The summed E-state index contributed by atoms with van der Waals surface area (Å²) in [5.41, 5.74) is 0. The van der Waals surface area contributed by atoms with Gasteiger partial charge >= 0.3 is 0 Å². The van der Waals surface area contributed by atoms with Crippen molar-refractivity contribution < 1.29 is 4.74 Å². The third-order valence-electron chi connectivity index (χ3n) is 2.17. The highest BCUT2D eigenvalue weighted by molar-refractivity contribution is 8.00. The lowest BCUT2D eigenvalue weighted by Crippen LogP contribution is -2.30. The van der Waals surface area contributed by atoms with Gasteiger partial charge in [0.25, 0.3) is 0 Å². The van der Waals surface area contributed by atoms with Crippen molar-refractivity contribution in [1.82, 2.24) is 4.98 Å². The Bertz CT molecular complexity index is 315. The molecule has 1 aliphatic rings. The van der Waals surface area contributed by atoms with E-state index in [9.17, 15) is 0 Å². The largest absolute Gasteiger partial charge is 0.379 e. The standard InChI is InChI=1S/C11H16N2OS/c1-2-6-12-10-4-3-5-11(13-10)15-9-7-14-8-9/h3-5,9H,2,6-8H2,1H3,(H,12,13). The molecule has 0 unspecified atom stereocenters. The van der Waals surface area contributed by atoms with Crippen molar-refractivity contribution in [2.24, 2.45) is 0 Å². The number of hydrogen-bond donors (Lipinski definition) is 1. The smallest absolute Gasteiger partial charge is 0.127 e. The molecule has 1 fully saturated rings. The molecule has 0 atom stereocenters. The second-order valence-corrected chi connectivity index (χ2v) is 4.89. The quantitative estimate of drug-likeness (QED) is 0.832. The van der Waals surface area contributed by atoms with Crippen LogP contribution in [0.25, 0.3) is 0 Å². The third kappa shape index (κ3) is 3.11. The summed E-state index contributed by atoms with van der Waals surface area (Å²) in [5, 5.41) is 4.97. The number of thioether (sulfide) groups is 1. The van der Waals surface area contributed by atoms with Crippen LogP contribution >= 0.6 is 11.8 Å². The summed E-state index contributed by atoms with van der Waals surface area (Å²) in [4.78, 5) is 4.53. The van der Waals surface area contributed by atoms with E-state index in [2.05, 4.69) is 23.3 Å². The molecule has 4 heteroatoms. The topological polar surface area (TPSA) is 34.1 Å². The zero-order chi connectivity index (χ0) is 10.5. The Hall–Kier alpha value is -0.740. The minimum Gasteiger partial charge on any atom is -0.379 e. The second-order valence-electron chi connectivity index (χ2n) is 3.57. The first-order valence-corrected chi connectivity index (χ1v) is 6.22. The van der Waals surface area contributed by atoms with Crippen molar-refractivity contribution in [2.75, 3.05) is 25.1 Å². The van der Waals surface area contributed by atoms with Gasteiger partial charge in [0.2, 0.25) is 0 Å². The lowest BCUT2D eigenvalue weighted by Gasteiger charge is -2.24. The van der Waals surface area contributed by atoms with Gasteiger partial charge < -0.3 is 10.1 Å². The Labute approximate surface area is 94.6 Å². The van der Waals surface area contributed by atoms with E-state index in [0.717, 1.165) is 37.0 Å². The maximum atomic E-state index is 5.14. The highest BCUT2D eigenvalue weighted by atomic mass is 32.2. The van der Waals surface area contributed by atoms with E-state index in [1.54, 1.807) is 11.8 Å². The van der Waals surface area contributed by atoms with Crippen LogP contribution in [0.4, 0.5) is 5.82 Å². The van der Waals surface area contributed by atoms with E-state index < -0.39 is 0 Å². The average Bonchev–Trinajstić information content (AvgIpc) is 2.21. The number of nitrogens with one attached hydrogen (secondary N) is 1. The van der Waals surface area contributed by atoms with Crippen LogP contribution in [0.1, 0.15) is 13.3 Å². The first-order valence-electron chi connectivity index (χ1n) is 5.34. The Morgan fingerprint density at radius 3 is 3.07 bits per heavy atom. The normalized spacial score (nSPS) is 16.1. The van der Waals surface area contributed by atoms with Crippen LogP contribution in [0, 0.1) is 0 Å². The van der Waals surface area contributed by atoms with Crippen molar-refractivity contribution >= 4 is 17.6 Å². The summed E-state index contributed by atoms with van der Waals surface area (Å²) in [6, 6.07) is 6.12. The van der Waals surface area contributed by atoms with Gasteiger partial charge in [-0.25, -0.2) is 4.98 Å². The zero-order valence-electron chi connectivity index (χ0n) is 8.90. The summed E-state index contributed by atoms with van der Waals surface area (Å²) in [5.74, 6) is 0.974. The molecule has 0 bridgehead atoms. The Morgan fingerprint density at radius 2 is 2.40 bits per heavy atom. The molecule has 15 heavy (non-hydrogen) atoms. The molecule has 1 N–H and O–H groups in total. The minimum absolute atomic E-state index is 0.596. The van der Waals surface area contributed by atoms with Crippen molar-refractivity contribution in [3.63, 3.8) is 0 Å². The van der Waals surface area contributed by atoms with Crippen molar-refractivity contribution in [3.8, 4) is 0 Å². The molecule has 0 aliphatic carbocycles. The summed E-state index contributed by atoms with van der Waals surface area (Å²) in [6.07, 6.45) is 1.12. The van der Waals surface area contributed by atoms with Gasteiger partial charge in [-0.15, -0.1) is 0 Å². The van der Waals surface area contributed by atoms with Crippen LogP contribution in [0.15, 0.2) is 23.2 Å². The van der Waals surface area contributed by atoms with Gasteiger partial charge in [0, 0.05) is 6.54 Å². The summed E-state index contributed by atoms with van der Waals surface area (Å²) < 4.78 is 5.14. The summed E-state index contributed by atoms with van der Waals surface area (Å²) >= 11 is 1.80. The SMILES string of the molecule is CCCNc1cccc(SC2COC2)n1. The summed E-state index contributed by atoms with van der Waals surface area (Å²) in [6.45, 7) is 4.85. The number of pyridine rings is 1. The highest BCUT2D eigenvalue weighted by Gasteiger charge is 2.19. The van der Waals surface area contributed by atoms with E-state index in [4.69, 9.17) is 4.74 Å². The molecule has 0 saturated carbocycles. The molecule has 1 aromatic rings. The Kier molecular flexibility index (Phi) is 3.86. The first-order chi connectivity index (χ1) is 7.38. The zero-order valence-corrected chi connectivity index (χ0v) is 9.72. The third-order valence-corrected chi connectivity index (χ3v) is 3.25. The molecule has 0 amide bonds. The first kappa shape index (κ1) is 10.8. The fraction of sp³-hybridized carbons (Fsp3) is 0.545. The lowest BCUT2D eigenvalue weighted by molar-refractivity contribution is 0.0455. The number of rotatable bonds is 5. The number of aromatic nitrogens is 1. The van der Waals surface area contributed by atoms with Gasteiger partial charge in [0.05, 0.1) is 23.5 Å². The van der Waals surface area contributed by atoms with Crippen LogP contribution in [-0.4, -0.2) is 30.0 Å². The molecule has 1 aliphatic heterocycles. The van der Waals surface area contributed by atoms with E-state index in [1.807, 2.05) is 12.1 Å². The average molecular weight is 224 g/mol. The molecule has 2 heterocycles. The van der Waals surface area contributed by atoms with Gasteiger partial charge in [-0.2, -0.15) is 0 Å². The second kappa shape index (κ2) is 5.37. The number of nitrogens with zero attached hydrogens (tertiary/aromatic N) is 1. The summed E-state index contributed by atoms with van der Waals surface area (Å²) in [7, 11) is 0. The van der Waals surface area contributed by atoms with E-state index in [-0.39, 0.29) is 0 Å². The minimum atomic E-state index is 0.596. The molecule has 82 valence electrons. The molecule has 0 aromatic carbocycles. The van der Waals surface area contributed by atoms with Gasteiger partial charge in [-0.05, 0) is 18.6 Å². The lowest BCUT2D eigenvalue weighted by atomic mass is 10.4. The van der Waals surface area contributed by atoms with Gasteiger partial charge in [0.15, 0.2) is 0 Å². The van der Waals surface area contributed by atoms with Gasteiger partial charge in [-0.1, -0.05) is 24.8 Å². The van der Waals surface area contributed by atoms with Crippen molar-refractivity contribution in [3.05, 3.63) is 18.2 Å². The van der Waals surface area contributed by atoms with Gasteiger partial charge in [-0.3, -0.25) is 0 Å².